The van der Waals surface area contributed by atoms with Gasteiger partial charge in [-0.25, -0.2) is 8.42 Å². The highest BCUT2D eigenvalue weighted by Gasteiger charge is 2.40. The summed E-state index contributed by atoms with van der Waals surface area (Å²) in [5, 5.41) is 6.23. The van der Waals surface area contributed by atoms with Gasteiger partial charge in [0.2, 0.25) is 21.8 Å². The number of amides is 2. The van der Waals surface area contributed by atoms with Gasteiger partial charge in [0.1, 0.15) is 6.04 Å². The molecule has 1 unspecified atom stereocenters. The summed E-state index contributed by atoms with van der Waals surface area (Å²) < 4.78 is 28.4. The summed E-state index contributed by atoms with van der Waals surface area (Å²) in [6.07, 6.45) is 4.86. The number of nitrogens with one attached hydrogen (secondary N) is 2. The van der Waals surface area contributed by atoms with Crippen molar-refractivity contribution in [2.45, 2.75) is 60.1 Å². The second-order valence-electron chi connectivity index (χ2n) is 9.85. The molecule has 3 aliphatic rings. The minimum atomic E-state index is -3.97. The van der Waals surface area contributed by atoms with Crippen LogP contribution in [-0.4, -0.2) is 59.8 Å². The summed E-state index contributed by atoms with van der Waals surface area (Å²) in [4.78, 5) is 26.0. The van der Waals surface area contributed by atoms with E-state index >= 15 is 0 Å². The Kier molecular flexibility index (Phi) is 8.94. The van der Waals surface area contributed by atoms with E-state index in [1.807, 2.05) is 23.5 Å². The van der Waals surface area contributed by atoms with E-state index in [0.29, 0.717) is 9.60 Å². The molecular weight excluding hydrogens is 562 g/mol. The molecule has 0 aromatic heterocycles. The Balaban J connectivity index is 1.27. The fraction of sp³-hybridized carbons (Fsp3) is 0.481. The topological polar surface area (TPSA) is 95.6 Å². The Bertz CT molecular complexity index is 1280. The zero-order valence-corrected chi connectivity index (χ0v) is 24.2. The van der Waals surface area contributed by atoms with Gasteiger partial charge in [-0.05, 0) is 84.6 Å². The third kappa shape index (κ3) is 6.36. The van der Waals surface area contributed by atoms with Gasteiger partial charge in [0.15, 0.2) is 0 Å². The first-order chi connectivity index (χ1) is 18.3. The highest BCUT2D eigenvalue weighted by molar-refractivity contribution is 8.17. The van der Waals surface area contributed by atoms with Crippen LogP contribution in [0.4, 0.5) is 0 Å². The van der Waals surface area contributed by atoms with Crippen LogP contribution >= 0.6 is 35.1 Å². The van der Waals surface area contributed by atoms with Gasteiger partial charge in [-0.15, -0.1) is 23.5 Å². The van der Waals surface area contributed by atoms with Crippen molar-refractivity contribution in [1.82, 2.24) is 14.9 Å². The Morgan fingerprint density at radius 2 is 1.87 bits per heavy atom. The van der Waals surface area contributed by atoms with Crippen LogP contribution in [0.15, 0.2) is 47.4 Å². The van der Waals surface area contributed by atoms with Gasteiger partial charge in [0.25, 0.3) is 0 Å². The number of sulfonamides is 1. The largest absolute Gasteiger partial charge is 0.353 e. The van der Waals surface area contributed by atoms with E-state index in [0.717, 1.165) is 35.6 Å². The highest BCUT2D eigenvalue weighted by Crippen LogP contribution is 2.35. The van der Waals surface area contributed by atoms with Gasteiger partial charge in [0.05, 0.1) is 21.9 Å². The third-order valence-electron chi connectivity index (χ3n) is 7.24. The van der Waals surface area contributed by atoms with E-state index in [9.17, 15) is 18.0 Å². The van der Waals surface area contributed by atoms with E-state index in [1.54, 1.807) is 0 Å². The number of aryl methyl sites for hydroxylation is 1. The third-order valence-corrected chi connectivity index (χ3v) is 12.4. The van der Waals surface area contributed by atoms with Crippen molar-refractivity contribution in [3.63, 3.8) is 0 Å². The van der Waals surface area contributed by atoms with Gasteiger partial charge in [-0.2, -0.15) is 4.31 Å². The molecule has 5 rings (SSSR count). The highest BCUT2D eigenvalue weighted by atomic mass is 35.5. The molecule has 2 heterocycles. The number of fused-ring (bicyclic) bond motifs is 1. The zero-order valence-electron chi connectivity index (χ0n) is 21.0. The molecule has 2 aromatic rings. The molecule has 2 fully saturated rings. The lowest BCUT2D eigenvalue weighted by molar-refractivity contribution is -0.132. The molecule has 2 N–H and O–H groups in total. The van der Waals surface area contributed by atoms with Gasteiger partial charge >= 0.3 is 0 Å². The van der Waals surface area contributed by atoms with Crippen molar-refractivity contribution in [3.05, 3.63) is 64.2 Å². The Labute approximate surface area is 237 Å². The summed E-state index contributed by atoms with van der Waals surface area (Å²) >= 11 is 10.0. The quantitative estimate of drug-likeness (QED) is 0.501. The molecule has 204 valence electrons. The number of carbonyl (C=O) groups excluding carboxylic acids is 2. The number of benzene rings is 2. The maximum atomic E-state index is 13.3. The minimum absolute atomic E-state index is 0.0454. The summed E-state index contributed by atoms with van der Waals surface area (Å²) in [5.74, 6) is 1.67. The van der Waals surface area contributed by atoms with Crippen molar-refractivity contribution in [1.29, 1.82) is 0 Å². The molecule has 1 aliphatic carbocycles. The molecule has 2 amide bonds. The molecule has 0 spiro atoms. The number of nitrogens with zero attached hydrogens (tertiary/aromatic N) is 1. The monoisotopic (exact) mass is 593 g/mol. The second kappa shape index (κ2) is 12.2. The predicted octanol–water partition coefficient (Wildman–Crippen LogP) is 4.15. The average molecular weight is 594 g/mol. The van der Waals surface area contributed by atoms with Crippen LogP contribution < -0.4 is 10.6 Å². The number of halogens is 1. The molecule has 0 saturated carbocycles. The summed E-state index contributed by atoms with van der Waals surface area (Å²) in [6, 6.07) is 11.2. The first kappa shape index (κ1) is 27.8. The molecular formula is C27H32ClN3O4S3. The van der Waals surface area contributed by atoms with Crippen LogP contribution in [-0.2, 0) is 32.5 Å². The molecule has 2 atom stereocenters. The number of hydrogen-bond acceptors (Lipinski definition) is 6. The smallest absolute Gasteiger partial charge is 0.243 e. The van der Waals surface area contributed by atoms with Crippen molar-refractivity contribution >= 4 is 57.0 Å². The van der Waals surface area contributed by atoms with Crippen LogP contribution in [0.3, 0.4) is 0 Å². The number of hydrogen-bond donors (Lipinski definition) is 2. The summed E-state index contributed by atoms with van der Waals surface area (Å²) in [5.41, 5.74) is 3.73. The molecule has 11 heteroatoms. The molecule has 2 aromatic carbocycles. The molecule has 2 saturated heterocycles. The van der Waals surface area contributed by atoms with Crippen LogP contribution in [0.5, 0.6) is 0 Å². The van der Waals surface area contributed by atoms with E-state index in [4.69, 9.17) is 11.6 Å². The average Bonchev–Trinajstić information content (AvgIpc) is 2.90. The number of carbonyl (C=O) groups is 2. The number of thioether (sulfide) groups is 2. The Hall–Kier alpha value is -1.72. The van der Waals surface area contributed by atoms with E-state index in [-0.39, 0.29) is 36.4 Å². The number of piperazine rings is 1. The van der Waals surface area contributed by atoms with Crippen LogP contribution in [0.2, 0.25) is 5.02 Å². The lowest BCUT2D eigenvalue weighted by atomic mass is 9.86. The standard InChI is InChI=1S/C27H32ClN3O4S3/c28-20-6-8-21(9-7-20)38(34,35)31-12-11-29-27(33)24(31)17-25(32)30-23-4-1-3-19-15-18(5-10-22(19)23)16-26-36-13-2-14-37-26/h5-10,15,23-24,26H,1-4,11-14,16-17H2,(H,29,33)(H,30,32)/t23-,24?/m1/s1. The predicted molar refractivity (Wildman–Crippen MR) is 154 cm³/mol. The zero-order chi connectivity index (χ0) is 26.7. The molecule has 7 nitrogen and oxygen atoms in total. The lowest BCUT2D eigenvalue weighted by Crippen LogP contribution is -2.58. The SMILES string of the molecule is O=C(CC1C(=O)NCCN1S(=O)(=O)c1ccc(Cl)cc1)N[C@@H]1CCCc2cc(CC3SCCCS3)ccc21. The lowest BCUT2D eigenvalue weighted by Gasteiger charge is -2.34. The molecule has 0 bridgehead atoms. The fourth-order valence-electron chi connectivity index (χ4n) is 5.34. The van der Waals surface area contributed by atoms with Gasteiger partial charge in [0, 0.05) is 18.1 Å². The van der Waals surface area contributed by atoms with Crippen LogP contribution in [0.25, 0.3) is 0 Å². The normalized spacial score (nSPS) is 22.9. The summed E-state index contributed by atoms with van der Waals surface area (Å²) in [6.45, 7) is 0.293. The summed E-state index contributed by atoms with van der Waals surface area (Å²) in [7, 11) is -3.97. The molecule has 2 aliphatic heterocycles. The van der Waals surface area contributed by atoms with Crippen molar-refractivity contribution in [3.8, 4) is 0 Å². The molecule has 0 radical (unpaired) electrons. The van der Waals surface area contributed by atoms with Crippen LogP contribution in [0.1, 0.15) is 48.4 Å². The van der Waals surface area contributed by atoms with E-state index < -0.39 is 22.0 Å². The maximum absolute atomic E-state index is 13.3. The van der Waals surface area contributed by atoms with Crippen molar-refractivity contribution in [2.24, 2.45) is 0 Å². The van der Waals surface area contributed by atoms with Crippen molar-refractivity contribution in [2.75, 3.05) is 24.6 Å². The first-order valence-electron chi connectivity index (χ1n) is 13.0. The van der Waals surface area contributed by atoms with Gasteiger partial charge in [-0.1, -0.05) is 29.8 Å². The fourth-order valence-corrected chi connectivity index (χ4v) is 9.97. The number of rotatable bonds is 7. The Morgan fingerprint density at radius 3 is 2.63 bits per heavy atom. The van der Waals surface area contributed by atoms with Crippen LogP contribution in [0, 0.1) is 0 Å². The minimum Gasteiger partial charge on any atom is -0.353 e. The van der Waals surface area contributed by atoms with E-state index in [2.05, 4.69) is 28.8 Å². The second-order valence-corrected chi connectivity index (χ2v) is 15.1. The molecule has 38 heavy (non-hydrogen) atoms. The van der Waals surface area contributed by atoms with Gasteiger partial charge < -0.3 is 10.6 Å². The van der Waals surface area contributed by atoms with E-state index in [1.165, 1.54) is 53.3 Å². The van der Waals surface area contributed by atoms with Gasteiger partial charge in [-0.3, -0.25) is 9.59 Å². The van der Waals surface area contributed by atoms with Crippen molar-refractivity contribution < 1.29 is 18.0 Å². The first-order valence-corrected chi connectivity index (χ1v) is 16.9. The Morgan fingerprint density at radius 1 is 1.11 bits per heavy atom. The maximum Gasteiger partial charge on any atom is 0.243 e.